The second-order valence-corrected chi connectivity index (χ2v) is 5.08. The summed E-state index contributed by atoms with van der Waals surface area (Å²) >= 11 is 1.46. The minimum Gasteiger partial charge on any atom is -0.478 e. The molecule has 0 unspecified atom stereocenters. The van der Waals surface area contributed by atoms with Gasteiger partial charge >= 0.3 is 12.0 Å². The largest absolute Gasteiger partial charge is 0.478 e. The van der Waals surface area contributed by atoms with Crippen molar-refractivity contribution in [2.75, 3.05) is 5.32 Å². The third-order valence-corrected chi connectivity index (χ3v) is 3.40. The van der Waals surface area contributed by atoms with Gasteiger partial charge in [0.15, 0.2) is 0 Å². The summed E-state index contributed by atoms with van der Waals surface area (Å²) in [7, 11) is 0. The van der Waals surface area contributed by atoms with Crippen molar-refractivity contribution in [3.05, 3.63) is 45.9 Å². The van der Waals surface area contributed by atoms with Crippen molar-refractivity contribution in [3.63, 3.8) is 0 Å². The number of benzene rings is 1. The molecule has 2 amide bonds. The third-order valence-electron chi connectivity index (χ3n) is 2.62. The topological polar surface area (TPSA) is 91.3 Å². The lowest BCUT2D eigenvalue weighted by Gasteiger charge is -2.08. The number of aryl methyl sites for hydroxylation is 1. The van der Waals surface area contributed by atoms with E-state index in [9.17, 15) is 9.59 Å². The fourth-order valence-corrected chi connectivity index (χ4v) is 2.19. The highest BCUT2D eigenvalue weighted by atomic mass is 32.1. The van der Waals surface area contributed by atoms with E-state index in [0.717, 1.165) is 4.88 Å². The number of rotatable bonds is 4. The number of carbonyl (C=O) groups excluding carboxylic acids is 1. The van der Waals surface area contributed by atoms with Crippen LogP contribution in [0, 0.1) is 6.92 Å². The van der Waals surface area contributed by atoms with Gasteiger partial charge in [-0.3, -0.25) is 4.98 Å². The van der Waals surface area contributed by atoms with E-state index in [1.807, 2.05) is 0 Å². The van der Waals surface area contributed by atoms with Crippen molar-refractivity contribution in [3.8, 4) is 0 Å². The normalized spacial score (nSPS) is 10.1. The summed E-state index contributed by atoms with van der Waals surface area (Å²) in [4.78, 5) is 27.4. The Morgan fingerprint density at radius 1 is 1.40 bits per heavy atom. The number of anilines is 1. The van der Waals surface area contributed by atoms with E-state index in [2.05, 4.69) is 15.6 Å². The number of hydrogen-bond donors (Lipinski definition) is 3. The number of thiazole rings is 1. The molecule has 20 heavy (non-hydrogen) atoms. The number of amides is 2. The van der Waals surface area contributed by atoms with Gasteiger partial charge in [0.05, 0.1) is 17.6 Å². The van der Waals surface area contributed by atoms with Gasteiger partial charge in [-0.05, 0) is 30.7 Å². The number of carboxylic acids is 1. The molecule has 6 nitrogen and oxygen atoms in total. The molecule has 0 atom stereocenters. The first-order valence-corrected chi connectivity index (χ1v) is 6.70. The van der Waals surface area contributed by atoms with Gasteiger partial charge in [0, 0.05) is 16.8 Å². The highest BCUT2D eigenvalue weighted by Gasteiger charge is 2.08. The average Bonchev–Trinajstić information content (AvgIpc) is 2.89. The smallest absolute Gasteiger partial charge is 0.335 e. The lowest BCUT2D eigenvalue weighted by Crippen LogP contribution is -2.27. The molecule has 1 aromatic heterocycles. The maximum absolute atomic E-state index is 11.7. The lowest BCUT2D eigenvalue weighted by molar-refractivity contribution is 0.0696. The number of aromatic nitrogens is 1. The molecule has 0 spiro atoms. The van der Waals surface area contributed by atoms with Gasteiger partial charge in [0.25, 0.3) is 0 Å². The molecule has 2 rings (SSSR count). The van der Waals surface area contributed by atoms with E-state index >= 15 is 0 Å². The van der Waals surface area contributed by atoms with Crippen LogP contribution in [0.4, 0.5) is 10.5 Å². The number of carboxylic acid groups (broad SMARTS) is 1. The average molecular weight is 291 g/mol. The number of nitrogens with zero attached hydrogens (tertiary/aromatic N) is 1. The number of nitrogens with one attached hydrogen (secondary N) is 2. The van der Waals surface area contributed by atoms with Gasteiger partial charge in [-0.25, -0.2) is 9.59 Å². The Kier molecular flexibility index (Phi) is 4.31. The van der Waals surface area contributed by atoms with Crippen LogP contribution in [-0.2, 0) is 6.54 Å². The molecule has 0 aliphatic carbocycles. The first-order chi connectivity index (χ1) is 9.56. The standard InChI is InChI=1S/C13H13N3O3S/c1-8-4-9(2-3-11(8)12(17)18)16-13(19)15-6-10-5-14-7-20-10/h2-5,7H,6H2,1H3,(H,17,18)(H2,15,16,19). The fourth-order valence-electron chi connectivity index (χ4n) is 1.65. The van der Waals surface area contributed by atoms with E-state index < -0.39 is 5.97 Å². The zero-order valence-corrected chi connectivity index (χ0v) is 11.5. The second-order valence-electron chi connectivity index (χ2n) is 4.11. The highest BCUT2D eigenvalue weighted by molar-refractivity contribution is 7.09. The molecular formula is C13H13N3O3S. The van der Waals surface area contributed by atoms with Gasteiger partial charge in [-0.15, -0.1) is 11.3 Å². The van der Waals surface area contributed by atoms with E-state index in [-0.39, 0.29) is 11.6 Å². The van der Waals surface area contributed by atoms with Crippen LogP contribution in [-0.4, -0.2) is 22.1 Å². The highest BCUT2D eigenvalue weighted by Crippen LogP contribution is 2.15. The predicted molar refractivity (Wildman–Crippen MR) is 76.1 cm³/mol. The first-order valence-electron chi connectivity index (χ1n) is 5.82. The molecular weight excluding hydrogens is 278 g/mol. The van der Waals surface area contributed by atoms with Crippen molar-refractivity contribution in [2.45, 2.75) is 13.5 Å². The molecule has 0 aliphatic heterocycles. The predicted octanol–water partition coefficient (Wildman–Crippen LogP) is 2.47. The molecule has 1 aromatic carbocycles. The van der Waals surface area contributed by atoms with Crippen LogP contribution in [0.15, 0.2) is 29.9 Å². The van der Waals surface area contributed by atoms with Crippen LogP contribution in [0.3, 0.4) is 0 Å². The molecule has 2 aromatic rings. The Morgan fingerprint density at radius 3 is 2.80 bits per heavy atom. The number of carbonyl (C=O) groups is 2. The first kappa shape index (κ1) is 14.0. The van der Waals surface area contributed by atoms with Gasteiger partial charge in [-0.2, -0.15) is 0 Å². The summed E-state index contributed by atoms with van der Waals surface area (Å²) in [6, 6.07) is 4.30. The third kappa shape index (κ3) is 3.55. The number of urea groups is 1. The molecule has 0 radical (unpaired) electrons. The molecule has 0 bridgehead atoms. The molecule has 7 heteroatoms. The Bertz CT molecular complexity index is 626. The zero-order valence-electron chi connectivity index (χ0n) is 10.7. The molecule has 1 heterocycles. The van der Waals surface area contributed by atoms with Crippen LogP contribution in [0.25, 0.3) is 0 Å². The van der Waals surface area contributed by atoms with E-state index in [1.165, 1.54) is 17.4 Å². The summed E-state index contributed by atoms with van der Waals surface area (Å²) in [5.74, 6) is -0.983. The quantitative estimate of drug-likeness (QED) is 0.807. The van der Waals surface area contributed by atoms with Gasteiger partial charge in [0.2, 0.25) is 0 Å². The van der Waals surface area contributed by atoms with E-state index in [4.69, 9.17) is 5.11 Å². The van der Waals surface area contributed by atoms with Crippen LogP contribution >= 0.6 is 11.3 Å². The molecule has 0 fully saturated rings. The zero-order chi connectivity index (χ0) is 14.5. The summed E-state index contributed by atoms with van der Waals surface area (Å²) in [6.07, 6.45) is 1.69. The maximum Gasteiger partial charge on any atom is 0.335 e. The molecule has 0 saturated heterocycles. The van der Waals surface area contributed by atoms with Gasteiger partial charge in [-0.1, -0.05) is 0 Å². The van der Waals surface area contributed by atoms with Crippen molar-refractivity contribution in [2.24, 2.45) is 0 Å². The minimum atomic E-state index is -0.983. The van der Waals surface area contributed by atoms with Crippen molar-refractivity contribution >= 4 is 29.0 Å². The van der Waals surface area contributed by atoms with Crippen LogP contribution < -0.4 is 10.6 Å². The van der Waals surface area contributed by atoms with Crippen LogP contribution in [0.2, 0.25) is 0 Å². The maximum atomic E-state index is 11.7. The Morgan fingerprint density at radius 2 is 2.20 bits per heavy atom. The molecule has 3 N–H and O–H groups in total. The number of aromatic carboxylic acids is 1. The number of hydrogen-bond acceptors (Lipinski definition) is 4. The van der Waals surface area contributed by atoms with Crippen molar-refractivity contribution < 1.29 is 14.7 Å². The summed E-state index contributed by atoms with van der Waals surface area (Å²) in [5, 5.41) is 14.3. The summed E-state index contributed by atoms with van der Waals surface area (Å²) < 4.78 is 0. The van der Waals surface area contributed by atoms with Gasteiger partial charge < -0.3 is 15.7 Å². The Balaban J connectivity index is 1.94. The lowest BCUT2D eigenvalue weighted by atomic mass is 10.1. The van der Waals surface area contributed by atoms with Crippen molar-refractivity contribution in [1.29, 1.82) is 0 Å². The second kappa shape index (κ2) is 6.16. The van der Waals surface area contributed by atoms with Crippen molar-refractivity contribution in [1.82, 2.24) is 10.3 Å². The van der Waals surface area contributed by atoms with Crippen LogP contribution in [0.1, 0.15) is 20.8 Å². The van der Waals surface area contributed by atoms with E-state index in [0.29, 0.717) is 17.8 Å². The van der Waals surface area contributed by atoms with Gasteiger partial charge in [0.1, 0.15) is 0 Å². The summed E-state index contributed by atoms with van der Waals surface area (Å²) in [6.45, 7) is 2.09. The Labute approximate surface area is 119 Å². The minimum absolute atomic E-state index is 0.223. The molecule has 0 aliphatic rings. The SMILES string of the molecule is Cc1cc(NC(=O)NCc2cncs2)ccc1C(=O)O. The Hall–Kier alpha value is -2.41. The van der Waals surface area contributed by atoms with Crippen LogP contribution in [0.5, 0.6) is 0 Å². The molecule has 0 saturated carbocycles. The summed E-state index contributed by atoms with van der Waals surface area (Å²) in [5.41, 5.74) is 3.07. The fraction of sp³-hybridized carbons (Fsp3) is 0.154. The van der Waals surface area contributed by atoms with E-state index in [1.54, 1.807) is 30.8 Å². The molecule has 104 valence electrons. The monoisotopic (exact) mass is 291 g/mol.